The van der Waals surface area contributed by atoms with Crippen LogP contribution in [0.4, 0.5) is 0 Å². The van der Waals surface area contributed by atoms with Crippen LogP contribution in [0.1, 0.15) is 26.7 Å². The van der Waals surface area contributed by atoms with Gasteiger partial charge in [0.2, 0.25) is 0 Å². The molecule has 4 heteroatoms. The Kier molecular flexibility index (Phi) is 3.61. The van der Waals surface area contributed by atoms with Gasteiger partial charge in [0, 0.05) is 6.04 Å². The van der Waals surface area contributed by atoms with E-state index >= 15 is 0 Å². The molecule has 0 aromatic rings. The van der Waals surface area contributed by atoms with Crippen molar-refractivity contribution in [3.63, 3.8) is 0 Å². The molecule has 2 rings (SSSR count). The maximum absolute atomic E-state index is 8.98. The van der Waals surface area contributed by atoms with Crippen LogP contribution in [0.2, 0.25) is 0 Å². The fourth-order valence-corrected chi connectivity index (χ4v) is 2.52. The van der Waals surface area contributed by atoms with E-state index in [4.69, 9.17) is 14.6 Å². The van der Waals surface area contributed by atoms with Gasteiger partial charge in [0.1, 0.15) is 6.10 Å². The van der Waals surface area contributed by atoms with Crippen molar-refractivity contribution in [1.82, 2.24) is 4.90 Å². The first kappa shape index (κ1) is 11.3. The highest BCUT2D eigenvalue weighted by Crippen LogP contribution is 2.28. The van der Waals surface area contributed by atoms with Gasteiger partial charge >= 0.3 is 0 Å². The van der Waals surface area contributed by atoms with Gasteiger partial charge in [-0.3, -0.25) is 4.90 Å². The average molecular weight is 215 g/mol. The summed E-state index contributed by atoms with van der Waals surface area (Å²) in [6.07, 6.45) is 2.10. The molecule has 0 amide bonds. The van der Waals surface area contributed by atoms with Gasteiger partial charge in [-0.1, -0.05) is 0 Å². The molecule has 0 radical (unpaired) electrons. The fourth-order valence-electron chi connectivity index (χ4n) is 2.52. The molecule has 4 nitrogen and oxygen atoms in total. The number of aliphatic hydroxyl groups is 1. The van der Waals surface area contributed by atoms with Crippen LogP contribution >= 0.6 is 0 Å². The zero-order valence-corrected chi connectivity index (χ0v) is 9.56. The van der Waals surface area contributed by atoms with Gasteiger partial charge in [-0.2, -0.15) is 0 Å². The Morgan fingerprint density at radius 1 is 1.47 bits per heavy atom. The second-order valence-electron chi connectivity index (χ2n) is 4.68. The number of ether oxygens (including phenoxy) is 2. The number of aliphatic hydroxyl groups excluding tert-OH is 1. The van der Waals surface area contributed by atoms with E-state index in [1.54, 1.807) is 0 Å². The number of likely N-dealkylation sites (tertiary alicyclic amines) is 1. The molecule has 2 aliphatic rings. The standard InChI is InChI=1S/C11H21NO3/c1-8(2)12-5-3-4-10(12)11-14-7-9(6-13)15-11/h8-11,13H,3-7H2,1-2H3. The van der Waals surface area contributed by atoms with Crippen molar-refractivity contribution in [2.75, 3.05) is 19.8 Å². The molecule has 2 fully saturated rings. The molecule has 2 saturated heterocycles. The lowest BCUT2D eigenvalue weighted by atomic mass is 10.2. The summed E-state index contributed by atoms with van der Waals surface area (Å²) >= 11 is 0. The Morgan fingerprint density at radius 3 is 2.87 bits per heavy atom. The SMILES string of the molecule is CC(C)N1CCCC1C1OCC(CO)O1. The first-order valence-corrected chi connectivity index (χ1v) is 5.86. The Labute approximate surface area is 91.2 Å². The molecule has 0 aromatic heterocycles. The molecule has 0 bridgehead atoms. The predicted molar refractivity (Wildman–Crippen MR) is 56.6 cm³/mol. The smallest absolute Gasteiger partial charge is 0.173 e. The van der Waals surface area contributed by atoms with Crippen molar-refractivity contribution < 1.29 is 14.6 Å². The Morgan fingerprint density at radius 2 is 2.27 bits per heavy atom. The summed E-state index contributed by atoms with van der Waals surface area (Å²) < 4.78 is 11.3. The third kappa shape index (κ3) is 2.33. The zero-order valence-electron chi connectivity index (χ0n) is 9.56. The number of hydrogen-bond donors (Lipinski definition) is 1. The van der Waals surface area contributed by atoms with Crippen LogP contribution in [0, 0.1) is 0 Å². The molecule has 0 aromatic carbocycles. The number of rotatable bonds is 3. The molecule has 3 unspecified atom stereocenters. The lowest BCUT2D eigenvalue weighted by Crippen LogP contribution is -2.43. The average Bonchev–Trinajstić information content (AvgIpc) is 2.85. The van der Waals surface area contributed by atoms with Gasteiger partial charge in [-0.05, 0) is 33.2 Å². The molecule has 88 valence electrons. The van der Waals surface area contributed by atoms with E-state index in [-0.39, 0.29) is 19.0 Å². The highest BCUT2D eigenvalue weighted by molar-refractivity contribution is 4.86. The maximum atomic E-state index is 8.98. The molecule has 15 heavy (non-hydrogen) atoms. The maximum Gasteiger partial charge on any atom is 0.173 e. The normalized spacial score (nSPS) is 38.0. The van der Waals surface area contributed by atoms with Crippen LogP contribution in [0.25, 0.3) is 0 Å². The van der Waals surface area contributed by atoms with Crippen LogP contribution in [0.5, 0.6) is 0 Å². The van der Waals surface area contributed by atoms with E-state index in [1.807, 2.05) is 0 Å². The summed E-state index contributed by atoms with van der Waals surface area (Å²) in [7, 11) is 0. The van der Waals surface area contributed by atoms with Crippen LogP contribution < -0.4 is 0 Å². The molecule has 0 saturated carbocycles. The second-order valence-corrected chi connectivity index (χ2v) is 4.68. The van der Waals surface area contributed by atoms with Crippen molar-refractivity contribution in [1.29, 1.82) is 0 Å². The first-order chi connectivity index (χ1) is 7.22. The Hall–Kier alpha value is -0.160. The largest absolute Gasteiger partial charge is 0.394 e. The van der Waals surface area contributed by atoms with Crippen molar-refractivity contribution >= 4 is 0 Å². The minimum Gasteiger partial charge on any atom is -0.394 e. The van der Waals surface area contributed by atoms with Crippen molar-refractivity contribution in [2.24, 2.45) is 0 Å². The molecular formula is C11H21NO3. The third-order valence-electron chi connectivity index (χ3n) is 3.30. The van der Waals surface area contributed by atoms with E-state index < -0.39 is 0 Å². The predicted octanol–water partition coefficient (Wildman–Crippen LogP) is 0.593. The summed E-state index contributed by atoms with van der Waals surface area (Å²) in [6.45, 7) is 6.14. The zero-order chi connectivity index (χ0) is 10.8. The summed E-state index contributed by atoms with van der Waals surface area (Å²) in [5.41, 5.74) is 0. The van der Waals surface area contributed by atoms with Crippen LogP contribution in [-0.4, -0.2) is 54.2 Å². The monoisotopic (exact) mass is 215 g/mol. The Balaban J connectivity index is 1.93. The summed E-state index contributed by atoms with van der Waals surface area (Å²) in [6, 6.07) is 0.916. The second kappa shape index (κ2) is 4.78. The quantitative estimate of drug-likeness (QED) is 0.748. The fraction of sp³-hybridized carbons (Fsp3) is 1.00. The highest BCUT2D eigenvalue weighted by Gasteiger charge is 2.38. The van der Waals surface area contributed by atoms with Crippen molar-refractivity contribution in [3.8, 4) is 0 Å². The first-order valence-electron chi connectivity index (χ1n) is 5.86. The molecule has 2 heterocycles. The topological polar surface area (TPSA) is 41.9 Å². The van der Waals surface area contributed by atoms with Gasteiger partial charge in [-0.25, -0.2) is 0 Å². The molecule has 2 aliphatic heterocycles. The summed E-state index contributed by atoms with van der Waals surface area (Å²) in [5.74, 6) is 0. The van der Waals surface area contributed by atoms with E-state index in [1.165, 1.54) is 6.42 Å². The minimum absolute atomic E-state index is 0.0604. The lowest BCUT2D eigenvalue weighted by Gasteiger charge is -2.31. The molecule has 0 spiro atoms. The third-order valence-corrected chi connectivity index (χ3v) is 3.30. The molecule has 3 atom stereocenters. The summed E-state index contributed by atoms with van der Waals surface area (Å²) in [4.78, 5) is 2.43. The minimum atomic E-state index is -0.132. The van der Waals surface area contributed by atoms with Crippen LogP contribution in [0.3, 0.4) is 0 Å². The van der Waals surface area contributed by atoms with Gasteiger partial charge in [0.05, 0.1) is 19.3 Å². The van der Waals surface area contributed by atoms with Crippen molar-refractivity contribution in [3.05, 3.63) is 0 Å². The van der Waals surface area contributed by atoms with E-state index in [0.717, 1.165) is 13.0 Å². The van der Waals surface area contributed by atoms with E-state index in [2.05, 4.69) is 18.7 Å². The molecule has 0 aliphatic carbocycles. The Bertz CT molecular complexity index is 210. The highest BCUT2D eigenvalue weighted by atomic mass is 16.7. The van der Waals surface area contributed by atoms with Crippen molar-refractivity contribution in [2.45, 2.75) is 51.2 Å². The summed E-state index contributed by atoms with van der Waals surface area (Å²) in [5, 5.41) is 8.98. The lowest BCUT2D eigenvalue weighted by molar-refractivity contribution is -0.111. The van der Waals surface area contributed by atoms with Gasteiger partial charge in [-0.15, -0.1) is 0 Å². The molecular weight excluding hydrogens is 194 g/mol. The van der Waals surface area contributed by atoms with Gasteiger partial charge in [0.15, 0.2) is 6.29 Å². The van der Waals surface area contributed by atoms with E-state index in [9.17, 15) is 0 Å². The number of hydrogen-bond acceptors (Lipinski definition) is 4. The number of nitrogens with zero attached hydrogens (tertiary/aromatic N) is 1. The van der Waals surface area contributed by atoms with Crippen LogP contribution in [0.15, 0.2) is 0 Å². The van der Waals surface area contributed by atoms with E-state index in [0.29, 0.717) is 18.7 Å². The van der Waals surface area contributed by atoms with Crippen LogP contribution in [-0.2, 0) is 9.47 Å². The van der Waals surface area contributed by atoms with Gasteiger partial charge in [0.25, 0.3) is 0 Å². The van der Waals surface area contributed by atoms with Gasteiger partial charge < -0.3 is 14.6 Å². The molecule has 1 N–H and O–H groups in total.